The number of halogens is 2. The van der Waals surface area contributed by atoms with Gasteiger partial charge in [0, 0.05) is 18.4 Å². The average Bonchev–Trinajstić information content (AvgIpc) is 2.91. The second-order valence-corrected chi connectivity index (χ2v) is 7.86. The van der Waals surface area contributed by atoms with Gasteiger partial charge in [0.1, 0.15) is 6.10 Å². The lowest BCUT2D eigenvalue weighted by Gasteiger charge is -2.33. The zero-order chi connectivity index (χ0) is 17.1. The molecule has 0 aromatic carbocycles. The average molecular weight is 354 g/mol. The quantitative estimate of drug-likeness (QED) is 0.498. The van der Waals surface area contributed by atoms with Crippen LogP contribution in [0.4, 0.5) is 8.78 Å². The second-order valence-electron chi connectivity index (χ2n) is 5.79. The minimum Gasteiger partial charge on any atom is -0.347 e. The molecule has 0 amide bonds. The molecule has 0 N–H and O–H groups in total. The molecule has 0 bridgehead atoms. The number of alkyl halides is 2. The Bertz CT molecular complexity index is 466. The van der Waals surface area contributed by atoms with Gasteiger partial charge in [0.2, 0.25) is 0 Å². The number of ether oxygens (including phenoxy) is 2. The number of hydrogen-bond donors (Lipinski definition) is 0. The van der Waals surface area contributed by atoms with Gasteiger partial charge in [0.15, 0.2) is 5.79 Å². The number of rotatable bonds is 7. The van der Waals surface area contributed by atoms with Crippen LogP contribution in [0, 0.1) is 0 Å². The fourth-order valence-corrected chi connectivity index (χ4v) is 4.56. The minimum atomic E-state index is -4.65. The third-order valence-electron chi connectivity index (χ3n) is 4.19. The van der Waals surface area contributed by atoms with Crippen LogP contribution in [-0.2, 0) is 23.1 Å². The van der Waals surface area contributed by atoms with Crippen molar-refractivity contribution >= 4 is 7.60 Å². The van der Waals surface area contributed by atoms with Gasteiger partial charge in [-0.25, -0.2) is 0 Å². The smallest absolute Gasteiger partial charge is 0.347 e. The summed E-state index contributed by atoms with van der Waals surface area (Å²) in [7, 11) is -4.65. The highest BCUT2D eigenvalue weighted by molar-refractivity contribution is 7.55. The molecule has 8 heteroatoms. The molecule has 0 unspecified atom stereocenters. The highest BCUT2D eigenvalue weighted by atomic mass is 31.2. The first-order chi connectivity index (χ1) is 10.8. The fourth-order valence-electron chi connectivity index (χ4n) is 2.99. The van der Waals surface area contributed by atoms with Gasteiger partial charge >= 0.3 is 13.3 Å². The van der Waals surface area contributed by atoms with E-state index in [0.29, 0.717) is 12.8 Å². The van der Waals surface area contributed by atoms with Crippen molar-refractivity contribution in [3.8, 4) is 0 Å². The summed E-state index contributed by atoms with van der Waals surface area (Å²) < 4.78 is 62.8. The van der Waals surface area contributed by atoms with E-state index in [0.717, 1.165) is 19.3 Å². The minimum absolute atomic E-state index is 0.0212. The van der Waals surface area contributed by atoms with Crippen LogP contribution in [0.1, 0.15) is 46.0 Å². The van der Waals surface area contributed by atoms with E-state index in [2.05, 4.69) is 6.58 Å². The van der Waals surface area contributed by atoms with E-state index < -0.39 is 30.7 Å². The van der Waals surface area contributed by atoms with Crippen LogP contribution in [0.15, 0.2) is 12.2 Å². The molecule has 0 aromatic rings. The summed E-state index contributed by atoms with van der Waals surface area (Å²) in [4.78, 5) is 0. The van der Waals surface area contributed by atoms with Crippen molar-refractivity contribution < 1.29 is 31.9 Å². The molecule has 5 nitrogen and oxygen atoms in total. The Morgan fingerprint density at radius 1 is 1.26 bits per heavy atom. The van der Waals surface area contributed by atoms with Crippen molar-refractivity contribution in [1.82, 2.24) is 0 Å². The first kappa shape index (κ1) is 19.0. The van der Waals surface area contributed by atoms with Crippen molar-refractivity contribution in [2.45, 2.75) is 63.5 Å². The summed E-state index contributed by atoms with van der Waals surface area (Å²) >= 11 is 0. The third-order valence-corrected chi connectivity index (χ3v) is 6.36. The summed E-state index contributed by atoms with van der Waals surface area (Å²) in [6.07, 6.45) is 3.30. The standard InChI is InChI=1S/C15H25F2O5P/c1-4-20-23(18,21-5-2)15(16,17)12(3)13-11-19-14(22-13)9-7-6-8-10-14/h13H,3-11H2,1-2H3/t13-/m1/s1. The number of hydrogen-bond acceptors (Lipinski definition) is 5. The maximum Gasteiger partial charge on any atom is 0.404 e. The SMILES string of the molecule is C=C([C@H]1COC2(CCCCC2)O1)C(F)(F)P(=O)(OCC)OCC. The van der Waals surface area contributed by atoms with Crippen molar-refractivity contribution in [3.05, 3.63) is 12.2 Å². The van der Waals surface area contributed by atoms with E-state index in [1.807, 2.05) is 0 Å². The van der Waals surface area contributed by atoms with Gasteiger partial charge < -0.3 is 18.5 Å². The Kier molecular flexibility index (Phi) is 6.01. The zero-order valence-corrected chi connectivity index (χ0v) is 14.6. The van der Waals surface area contributed by atoms with Crippen molar-refractivity contribution in [3.63, 3.8) is 0 Å². The van der Waals surface area contributed by atoms with Gasteiger partial charge in [-0.15, -0.1) is 0 Å². The molecule has 1 aliphatic heterocycles. The van der Waals surface area contributed by atoms with E-state index in [1.54, 1.807) is 0 Å². The summed E-state index contributed by atoms with van der Waals surface area (Å²) in [6, 6.07) is 0. The molecule has 1 heterocycles. The van der Waals surface area contributed by atoms with Crippen LogP contribution in [0.5, 0.6) is 0 Å². The van der Waals surface area contributed by atoms with E-state index in [-0.39, 0.29) is 19.8 Å². The monoisotopic (exact) mass is 354 g/mol. The van der Waals surface area contributed by atoms with Crippen LogP contribution in [-0.4, -0.2) is 37.4 Å². The molecule has 1 spiro atoms. The van der Waals surface area contributed by atoms with Crippen LogP contribution in [0.3, 0.4) is 0 Å². The third kappa shape index (κ3) is 3.69. The molecule has 1 atom stereocenters. The normalized spacial score (nSPS) is 25.0. The molecule has 1 saturated carbocycles. The van der Waals surface area contributed by atoms with Crippen LogP contribution in [0.2, 0.25) is 0 Å². The second kappa shape index (κ2) is 7.28. The lowest BCUT2D eigenvalue weighted by atomic mass is 9.94. The molecular formula is C15H25F2O5P. The van der Waals surface area contributed by atoms with E-state index in [9.17, 15) is 13.3 Å². The Hall–Kier alpha value is -0.330. The Balaban J connectivity index is 2.13. The van der Waals surface area contributed by atoms with Gasteiger partial charge in [0.25, 0.3) is 0 Å². The van der Waals surface area contributed by atoms with Crippen LogP contribution >= 0.6 is 7.60 Å². The lowest BCUT2D eigenvalue weighted by Crippen LogP contribution is -2.35. The molecule has 0 radical (unpaired) electrons. The summed E-state index contributed by atoms with van der Waals surface area (Å²) in [6.45, 7) is 6.08. The maximum atomic E-state index is 14.7. The molecule has 134 valence electrons. The summed E-state index contributed by atoms with van der Waals surface area (Å²) in [5, 5.41) is 0. The predicted octanol–water partition coefficient (Wildman–Crippen LogP) is 4.48. The Labute approximate surface area is 135 Å². The predicted molar refractivity (Wildman–Crippen MR) is 81.6 cm³/mol. The first-order valence-electron chi connectivity index (χ1n) is 8.08. The summed E-state index contributed by atoms with van der Waals surface area (Å²) in [5.74, 6) is -0.802. The Morgan fingerprint density at radius 3 is 2.35 bits per heavy atom. The van der Waals surface area contributed by atoms with Gasteiger partial charge in [-0.3, -0.25) is 4.57 Å². The van der Waals surface area contributed by atoms with E-state index >= 15 is 0 Å². The Morgan fingerprint density at radius 2 is 1.83 bits per heavy atom. The van der Waals surface area contributed by atoms with E-state index in [1.165, 1.54) is 13.8 Å². The molecule has 2 aliphatic rings. The van der Waals surface area contributed by atoms with Gasteiger partial charge in [0.05, 0.1) is 19.8 Å². The van der Waals surface area contributed by atoms with Crippen molar-refractivity contribution in [2.24, 2.45) is 0 Å². The molecule has 1 aliphatic carbocycles. The molecule has 2 rings (SSSR count). The molecule has 23 heavy (non-hydrogen) atoms. The molecule has 2 fully saturated rings. The van der Waals surface area contributed by atoms with Gasteiger partial charge in [-0.05, 0) is 26.7 Å². The molecule has 1 saturated heterocycles. The fraction of sp³-hybridized carbons (Fsp3) is 0.867. The van der Waals surface area contributed by atoms with Crippen molar-refractivity contribution in [1.29, 1.82) is 0 Å². The summed E-state index contributed by atoms with van der Waals surface area (Å²) in [5.41, 5.74) is -4.43. The van der Waals surface area contributed by atoms with Crippen molar-refractivity contribution in [2.75, 3.05) is 19.8 Å². The zero-order valence-electron chi connectivity index (χ0n) is 13.7. The topological polar surface area (TPSA) is 54.0 Å². The molecule has 0 aromatic heterocycles. The molecular weight excluding hydrogens is 329 g/mol. The highest BCUT2D eigenvalue weighted by Crippen LogP contribution is 2.65. The van der Waals surface area contributed by atoms with Crippen LogP contribution in [0.25, 0.3) is 0 Å². The largest absolute Gasteiger partial charge is 0.404 e. The van der Waals surface area contributed by atoms with Gasteiger partial charge in [-0.2, -0.15) is 8.78 Å². The highest BCUT2D eigenvalue weighted by Gasteiger charge is 2.59. The lowest BCUT2D eigenvalue weighted by molar-refractivity contribution is -0.185. The maximum absolute atomic E-state index is 14.7. The first-order valence-corrected chi connectivity index (χ1v) is 9.62. The van der Waals surface area contributed by atoms with Gasteiger partial charge in [-0.1, -0.05) is 13.0 Å². The van der Waals surface area contributed by atoms with E-state index in [4.69, 9.17) is 18.5 Å². The van der Waals surface area contributed by atoms with Crippen LogP contribution < -0.4 is 0 Å².